The number of rotatable bonds is 11. The van der Waals surface area contributed by atoms with Gasteiger partial charge in [-0.2, -0.15) is 83.4 Å². The van der Waals surface area contributed by atoms with Crippen molar-refractivity contribution in [3.05, 3.63) is 11.7 Å². The average molecular weight is 582 g/mol. The molecule has 0 spiro atoms. The Bertz CT molecular complexity index is 834. The van der Waals surface area contributed by atoms with E-state index in [1.54, 1.807) is 0 Å². The second-order valence-corrected chi connectivity index (χ2v) is 6.70. The highest BCUT2D eigenvalue weighted by molar-refractivity contribution is 5.88. The van der Waals surface area contributed by atoms with Gasteiger partial charge in [-0.15, -0.1) is 0 Å². The molecule has 0 saturated heterocycles. The average Bonchev–Trinajstić information content (AvgIpc) is 2.68. The number of hydrogen-bond donors (Lipinski definition) is 0. The molecule has 0 aliphatic rings. The third-order valence-corrected chi connectivity index (χ3v) is 4.10. The molecule has 0 fully saturated rings. The van der Waals surface area contributed by atoms with Crippen molar-refractivity contribution in [3.63, 3.8) is 0 Å². The molecule has 0 bridgehead atoms. The zero-order valence-corrected chi connectivity index (χ0v) is 16.6. The molecule has 0 unspecified atom stereocenters. The molecule has 0 radical (unpaired) electrons. The second-order valence-electron chi connectivity index (χ2n) is 6.70. The van der Waals surface area contributed by atoms with E-state index in [0.29, 0.717) is 0 Å². The summed E-state index contributed by atoms with van der Waals surface area (Å²) in [5.41, 5.74) is -2.91. The molecule has 0 rings (SSSR count). The highest BCUT2D eigenvalue weighted by atomic mass is 19.4. The summed E-state index contributed by atoms with van der Waals surface area (Å²) in [6.45, 7) is 0.243. The van der Waals surface area contributed by atoms with Crippen molar-refractivity contribution in [2.45, 2.75) is 67.4 Å². The molecule has 0 aromatic heterocycles. The summed E-state index contributed by atoms with van der Waals surface area (Å²) >= 11 is 0. The molecule has 0 heterocycles. The van der Waals surface area contributed by atoms with Crippen LogP contribution in [0.15, 0.2) is 11.7 Å². The number of alkyl halides is 17. The standard InChI is InChI=1S/C15H9F19O2/c1-2-3-36-7(35)5(6(16)17)4-8(18,19)9(20,21)10(22,23)11(24,25)12(26,27)13(28,29)14(30,31)15(32,33)34/h2-4H2,1H3. The van der Waals surface area contributed by atoms with Crippen LogP contribution in [0.1, 0.15) is 19.8 Å². The van der Waals surface area contributed by atoms with Crippen LogP contribution >= 0.6 is 0 Å². The van der Waals surface area contributed by atoms with Gasteiger partial charge in [0.15, 0.2) is 0 Å². The molecular weight excluding hydrogens is 573 g/mol. The number of ether oxygens (including phenoxy) is 1. The Morgan fingerprint density at radius 3 is 1.22 bits per heavy atom. The van der Waals surface area contributed by atoms with E-state index in [1.807, 2.05) is 0 Å². The third-order valence-electron chi connectivity index (χ3n) is 4.10. The summed E-state index contributed by atoms with van der Waals surface area (Å²) in [7, 11) is 0. The SMILES string of the molecule is CCCOC(=O)C(CC(F)(F)C(F)(F)C(F)(F)C(F)(F)C(F)(F)C(F)(F)C(F)(F)C(F)(F)F)=C(F)F. The Balaban J connectivity index is 6.74. The lowest BCUT2D eigenvalue weighted by atomic mass is 9.87. The maximum Gasteiger partial charge on any atom is 0.460 e. The van der Waals surface area contributed by atoms with Crippen LogP contribution in [0.2, 0.25) is 0 Å². The van der Waals surface area contributed by atoms with E-state index in [9.17, 15) is 88.2 Å². The van der Waals surface area contributed by atoms with Gasteiger partial charge in [0.2, 0.25) is 0 Å². The fraction of sp³-hybridized carbons (Fsp3) is 0.800. The van der Waals surface area contributed by atoms with Crippen molar-refractivity contribution in [2.75, 3.05) is 6.61 Å². The topological polar surface area (TPSA) is 26.3 Å². The fourth-order valence-corrected chi connectivity index (χ4v) is 2.03. The first kappa shape index (κ1) is 33.9. The van der Waals surface area contributed by atoms with Crippen molar-refractivity contribution < 1.29 is 92.9 Å². The van der Waals surface area contributed by atoms with E-state index in [0.717, 1.165) is 6.92 Å². The normalized spacial score (nSPS) is 15.1. The molecule has 0 aliphatic carbocycles. The number of esters is 1. The number of halogens is 19. The van der Waals surface area contributed by atoms with Crippen molar-refractivity contribution in [1.29, 1.82) is 0 Å². The predicted octanol–water partition coefficient (Wildman–Crippen LogP) is 7.49. The third kappa shape index (κ3) is 5.01. The summed E-state index contributed by atoms with van der Waals surface area (Å²) in [5, 5.41) is 0. The minimum absolute atomic E-state index is 0.254. The maximum absolute atomic E-state index is 13.7. The number of carbonyl (C=O) groups excluding carboxylic acids is 1. The molecule has 36 heavy (non-hydrogen) atoms. The van der Waals surface area contributed by atoms with E-state index in [1.165, 1.54) is 0 Å². The van der Waals surface area contributed by atoms with Crippen LogP contribution in [0.25, 0.3) is 0 Å². The largest absolute Gasteiger partial charge is 0.462 e. The zero-order chi connectivity index (χ0) is 29.6. The monoisotopic (exact) mass is 582 g/mol. The lowest BCUT2D eigenvalue weighted by Crippen LogP contribution is -2.74. The summed E-state index contributed by atoms with van der Waals surface area (Å²) in [5.74, 6) is -61.3. The van der Waals surface area contributed by atoms with Gasteiger partial charge in [-0.25, -0.2) is 4.79 Å². The van der Waals surface area contributed by atoms with Crippen LogP contribution in [-0.4, -0.2) is 60.2 Å². The van der Waals surface area contributed by atoms with Crippen LogP contribution in [0.5, 0.6) is 0 Å². The second kappa shape index (κ2) is 9.64. The van der Waals surface area contributed by atoms with Gasteiger partial charge in [-0.3, -0.25) is 0 Å². The predicted molar refractivity (Wildman–Crippen MR) is 75.8 cm³/mol. The fourth-order valence-electron chi connectivity index (χ4n) is 2.03. The van der Waals surface area contributed by atoms with Crippen LogP contribution in [-0.2, 0) is 9.53 Å². The Hall–Kier alpha value is -2.12. The first-order valence-corrected chi connectivity index (χ1v) is 8.45. The maximum atomic E-state index is 13.7. The number of hydrogen-bond acceptors (Lipinski definition) is 2. The molecule has 21 heteroatoms. The Kier molecular flexibility index (Phi) is 9.07. The van der Waals surface area contributed by atoms with E-state index >= 15 is 0 Å². The lowest BCUT2D eigenvalue weighted by Gasteiger charge is -2.42. The molecule has 2 nitrogen and oxygen atoms in total. The molecule has 0 aliphatic heterocycles. The highest BCUT2D eigenvalue weighted by Crippen LogP contribution is 2.64. The van der Waals surface area contributed by atoms with Gasteiger partial charge in [-0.1, -0.05) is 6.92 Å². The van der Waals surface area contributed by atoms with Gasteiger partial charge in [0, 0.05) is 0 Å². The first-order chi connectivity index (χ1) is 15.5. The van der Waals surface area contributed by atoms with Gasteiger partial charge < -0.3 is 4.74 Å². The van der Waals surface area contributed by atoms with Crippen molar-refractivity contribution in [2.24, 2.45) is 0 Å². The minimum atomic E-state index is -8.84. The van der Waals surface area contributed by atoms with E-state index in [2.05, 4.69) is 4.74 Å². The van der Waals surface area contributed by atoms with Crippen molar-refractivity contribution in [3.8, 4) is 0 Å². The molecule has 0 saturated carbocycles. The zero-order valence-electron chi connectivity index (χ0n) is 16.6. The van der Waals surface area contributed by atoms with Crippen LogP contribution < -0.4 is 0 Å². The highest BCUT2D eigenvalue weighted by Gasteiger charge is 2.95. The van der Waals surface area contributed by atoms with Gasteiger partial charge >= 0.3 is 53.6 Å². The summed E-state index contributed by atoms with van der Waals surface area (Å²) < 4.78 is 252. The van der Waals surface area contributed by atoms with Crippen LogP contribution in [0.4, 0.5) is 83.4 Å². The molecule has 0 aromatic carbocycles. The van der Waals surface area contributed by atoms with Gasteiger partial charge in [0.1, 0.15) is 5.57 Å². The number of carbonyl (C=O) groups is 1. The Morgan fingerprint density at radius 2 is 0.917 bits per heavy atom. The van der Waals surface area contributed by atoms with Gasteiger partial charge in [0.05, 0.1) is 13.0 Å². The minimum Gasteiger partial charge on any atom is -0.462 e. The van der Waals surface area contributed by atoms with E-state index in [4.69, 9.17) is 0 Å². The Morgan fingerprint density at radius 1 is 0.583 bits per heavy atom. The van der Waals surface area contributed by atoms with Gasteiger partial charge in [0.25, 0.3) is 6.08 Å². The first-order valence-electron chi connectivity index (χ1n) is 8.45. The molecule has 0 amide bonds. The van der Waals surface area contributed by atoms with Crippen molar-refractivity contribution in [1.82, 2.24) is 0 Å². The molecule has 0 aromatic rings. The van der Waals surface area contributed by atoms with E-state index in [-0.39, 0.29) is 6.42 Å². The van der Waals surface area contributed by atoms with Crippen molar-refractivity contribution >= 4 is 5.97 Å². The quantitative estimate of drug-likeness (QED) is 0.144. The van der Waals surface area contributed by atoms with E-state index < -0.39 is 78.3 Å². The van der Waals surface area contributed by atoms with Crippen LogP contribution in [0, 0.1) is 0 Å². The molecule has 0 N–H and O–H groups in total. The Labute approximate surface area is 186 Å². The summed E-state index contributed by atoms with van der Waals surface area (Å²) in [6.07, 6.45) is -15.5. The summed E-state index contributed by atoms with van der Waals surface area (Å²) in [4.78, 5) is 11.2. The molecule has 0 atom stereocenters. The van der Waals surface area contributed by atoms with Gasteiger partial charge in [-0.05, 0) is 6.42 Å². The molecular formula is C15H9F19O2. The van der Waals surface area contributed by atoms with Crippen LogP contribution in [0.3, 0.4) is 0 Å². The summed E-state index contributed by atoms with van der Waals surface area (Å²) in [6, 6.07) is 0. The molecule has 214 valence electrons. The smallest absolute Gasteiger partial charge is 0.460 e. The lowest BCUT2D eigenvalue weighted by molar-refractivity contribution is -0.461.